The summed E-state index contributed by atoms with van der Waals surface area (Å²) in [6.07, 6.45) is 0.433. The topological polar surface area (TPSA) is 171 Å². The summed E-state index contributed by atoms with van der Waals surface area (Å²) in [5, 5.41) is 25.3. The van der Waals surface area contributed by atoms with E-state index in [4.69, 9.17) is 15.9 Å². The molecule has 0 aliphatic rings. The van der Waals surface area contributed by atoms with Crippen molar-refractivity contribution in [2.45, 2.75) is 43.9 Å². The van der Waals surface area contributed by atoms with E-state index in [1.165, 1.54) is 6.92 Å². The van der Waals surface area contributed by atoms with Crippen LogP contribution in [0.1, 0.15) is 18.1 Å². The van der Waals surface area contributed by atoms with Crippen LogP contribution in [0.25, 0.3) is 0 Å². The second-order valence-electron chi connectivity index (χ2n) is 7.86. The summed E-state index contributed by atoms with van der Waals surface area (Å²) < 4.78 is 0. The fourth-order valence-electron chi connectivity index (χ4n) is 3.16. The number of hydrogen-bond acceptors (Lipinski definition) is 6. The van der Waals surface area contributed by atoms with Crippen LogP contribution in [0.5, 0.6) is 0 Å². The largest absolute Gasteiger partial charge is 0.480 e. The fourth-order valence-corrected chi connectivity index (χ4v) is 3.16. The molecule has 7 N–H and O–H groups in total. The molecule has 3 amide bonds. The highest BCUT2D eigenvalue weighted by Crippen LogP contribution is 2.06. The molecule has 10 heteroatoms. The van der Waals surface area contributed by atoms with Crippen molar-refractivity contribution < 1.29 is 29.4 Å². The Hall–Kier alpha value is -3.76. The molecule has 4 unspecified atom stereocenters. The number of amides is 3. The minimum absolute atomic E-state index is 0.152. The Morgan fingerprint density at radius 2 is 1.26 bits per heavy atom. The van der Waals surface area contributed by atoms with Gasteiger partial charge in [-0.2, -0.15) is 0 Å². The number of aliphatic carboxylic acids is 1. The maximum atomic E-state index is 13.0. The van der Waals surface area contributed by atoms with E-state index in [-0.39, 0.29) is 12.8 Å². The number of rotatable bonds is 12. The highest BCUT2D eigenvalue weighted by atomic mass is 16.4. The molecule has 34 heavy (non-hydrogen) atoms. The molecule has 2 aromatic carbocycles. The van der Waals surface area contributed by atoms with Crippen molar-refractivity contribution in [3.05, 3.63) is 71.8 Å². The van der Waals surface area contributed by atoms with E-state index in [0.29, 0.717) is 0 Å². The van der Waals surface area contributed by atoms with Crippen molar-refractivity contribution in [2.24, 2.45) is 5.73 Å². The molecule has 0 radical (unpaired) electrons. The van der Waals surface area contributed by atoms with Gasteiger partial charge in [0, 0.05) is 6.42 Å². The van der Waals surface area contributed by atoms with E-state index in [2.05, 4.69) is 16.0 Å². The van der Waals surface area contributed by atoms with E-state index in [9.17, 15) is 19.2 Å². The van der Waals surface area contributed by atoms with Gasteiger partial charge >= 0.3 is 5.97 Å². The molecular weight excluding hydrogens is 440 g/mol. The number of carbonyl (C=O) groups is 4. The summed E-state index contributed by atoms with van der Waals surface area (Å²) in [5.74, 6) is -3.36. The normalized spacial score (nSPS) is 14.2. The molecule has 0 heterocycles. The van der Waals surface area contributed by atoms with Gasteiger partial charge in [0.1, 0.15) is 18.1 Å². The summed E-state index contributed by atoms with van der Waals surface area (Å²) in [4.78, 5) is 49.0. The quantitative estimate of drug-likeness (QED) is 0.239. The third-order valence-corrected chi connectivity index (χ3v) is 5.10. The summed E-state index contributed by atoms with van der Waals surface area (Å²) in [6, 6.07) is 13.7. The van der Waals surface area contributed by atoms with Crippen LogP contribution in [-0.2, 0) is 32.0 Å². The van der Waals surface area contributed by atoms with Gasteiger partial charge in [-0.1, -0.05) is 60.7 Å². The van der Waals surface area contributed by atoms with Gasteiger partial charge in [0.15, 0.2) is 0 Å². The van der Waals surface area contributed by atoms with Gasteiger partial charge in [0.25, 0.3) is 0 Å². The summed E-state index contributed by atoms with van der Waals surface area (Å²) in [6.45, 7) is 0.569. The Labute approximate surface area is 197 Å². The lowest BCUT2D eigenvalue weighted by atomic mass is 10.0. The number of carboxylic acids is 1. The van der Waals surface area contributed by atoms with Crippen molar-refractivity contribution in [1.29, 1.82) is 0 Å². The minimum atomic E-state index is -1.50. The Morgan fingerprint density at radius 1 is 0.765 bits per heavy atom. The van der Waals surface area contributed by atoms with Gasteiger partial charge in [-0.25, -0.2) is 4.79 Å². The number of carboxylic acid groups (broad SMARTS) is 1. The van der Waals surface area contributed by atoms with E-state index in [0.717, 1.165) is 11.1 Å². The maximum Gasteiger partial charge on any atom is 0.328 e. The number of aliphatic hydroxyl groups is 1. The maximum absolute atomic E-state index is 13.0. The molecule has 0 saturated heterocycles. The average Bonchev–Trinajstić information content (AvgIpc) is 2.82. The lowest BCUT2D eigenvalue weighted by Crippen LogP contribution is -2.57. The van der Waals surface area contributed by atoms with Crippen molar-refractivity contribution >= 4 is 23.7 Å². The smallest absolute Gasteiger partial charge is 0.328 e. The molecule has 0 fully saturated rings. The van der Waals surface area contributed by atoms with Gasteiger partial charge in [-0.05, 0) is 24.5 Å². The van der Waals surface area contributed by atoms with Gasteiger partial charge in [0.05, 0.1) is 12.6 Å². The summed E-state index contributed by atoms with van der Waals surface area (Å²) in [5.41, 5.74) is 7.70. The SMILES string of the molecule is CC(NC(=O)C(Cc1ccccc1)NC(=O)C(N)Cc1ccccc1)C(=O)NC(CO)C(=O)O. The van der Waals surface area contributed by atoms with E-state index in [1.54, 1.807) is 24.3 Å². The molecule has 0 spiro atoms. The molecule has 2 aromatic rings. The number of nitrogens with two attached hydrogens (primary N) is 1. The number of nitrogens with one attached hydrogen (secondary N) is 3. The molecule has 182 valence electrons. The lowest BCUT2D eigenvalue weighted by molar-refractivity contribution is -0.143. The lowest BCUT2D eigenvalue weighted by Gasteiger charge is -2.23. The summed E-state index contributed by atoms with van der Waals surface area (Å²) >= 11 is 0. The number of carbonyl (C=O) groups excluding carboxylic acids is 3. The molecule has 0 saturated carbocycles. The molecule has 2 rings (SSSR count). The first kappa shape index (κ1) is 26.5. The zero-order chi connectivity index (χ0) is 25.1. The third kappa shape index (κ3) is 8.30. The Kier molecular flexibility index (Phi) is 10.2. The molecular formula is C24H30N4O6. The molecule has 0 bridgehead atoms. The number of aliphatic hydroxyl groups excluding tert-OH is 1. The summed E-state index contributed by atoms with van der Waals surface area (Å²) in [7, 11) is 0. The second-order valence-corrected chi connectivity index (χ2v) is 7.86. The first-order valence-electron chi connectivity index (χ1n) is 10.8. The van der Waals surface area contributed by atoms with E-state index < -0.39 is 54.5 Å². The highest BCUT2D eigenvalue weighted by Gasteiger charge is 2.28. The van der Waals surface area contributed by atoms with Crippen LogP contribution in [0.3, 0.4) is 0 Å². The molecule has 0 aliphatic heterocycles. The fraction of sp³-hybridized carbons (Fsp3) is 0.333. The highest BCUT2D eigenvalue weighted by molar-refractivity contribution is 5.94. The zero-order valence-corrected chi connectivity index (χ0v) is 18.8. The molecule has 0 aromatic heterocycles. The predicted molar refractivity (Wildman–Crippen MR) is 124 cm³/mol. The molecule has 10 nitrogen and oxygen atoms in total. The van der Waals surface area contributed by atoms with Crippen molar-refractivity contribution in [1.82, 2.24) is 16.0 Å². The van der Waals surface area contributed by atoms with Crippen molar-refractivity contribution in [2.75, 3.05) is 6.61 Å². The Bertz CT molecular complexity index is 970. The van der Waals surface area contributed by atoms with Crippen LogP contribution in [0, 0.1) is 0 Å². The van der Waals surface area contributed by atoms with Gasteiger partial charge in [-0.3, -0.25) is 14.4 Å². The minimum Gasteiger partial charge on any atom is -0.480 e. The predicted octanol–water partition coefficient (Wildman–Crippen LogP) is -0.650. The van der Waals surface area contributed by atoms with Crippen LogP contribution in [0.2, 0.25) is 0 Å². The van der Waals surface area contributed by atoms with E-state index >= 15 is 0 Å². The van der Waals surface area contributed by atoms with Crippen LogP contribution < -0.4 is 21.7 Å². The monoisotopic (exact) mass is 470 g/mol. The third-order valence-electron chi connectivity index (χ3n) is 5.10. The van der Waals surface area contributed by atoms with Gasteiger partial charge < -0.3 is 31.9 Å². The van der Waals surface area contributed by atoms with Crippen LogP contribution >= 0.6 is 0 Å². The molecule has 0 aliphatic carbocycles. The Balaban J connectivity index is 2.08. The number of benzene rings is 2. The second kappa shape index (κ2) is 13.1. The number of hydrogen-bond donors (Lipinski definition) is 6. The van der Waals surface area contributed by atoms with Crippen LogP contribution in [0.15, 0.2) is 60.7 Å². The first-order valence-corrected chi connectivity index (χ1v) is 10.8. The van der Waals surface area contributed by atoms with Crippen molar-refractivity contribution in [3.63, 3.8) is 0 Å². The van der Waals surface area contributed by atoms with Crippen molar-refractivity contribution in [3.8, 4) is 0 Å². The zero-order valence-electron chi connectivity index (χ0n) is 18.8. The first-order chi connectivity index (χ1) is 16.2. The molecule has 4 atom stereocenters. The Morgan fingerprint density at radius 3 is 1.76 bits per heavy atom. The van der Waals surface area contributed by atoms with E-state index in [1.807, 2.05) is 36.4 Å². The van der Waals surface area contributed by atoms with Crippen LogP contribution in [-0.4, -0.2) is 64.7 Å². The van der Waals surface area contributed by atoms with Gasteiger partial charge in [-0.15, -0.1) is 0 Å². The average molecular weight is 471 g/mol. The van der Waals surface area contributed by atoms with Gasteiger partial charge in [0.2, 0.25) is 17.7 Å². The van der Waals surface area contributed by atoms with Crippen LogP contribution in [0.4, 0.5) is 0 Å². The standard InChI is InChI=1S/C24H30N4O6/c1-15(21(30)28-20(14-29)24(33)34)26-23(32)19(13-17-10-6-3-7-11-17)27-22(31)18(25)12-16-8-4-2-5-9-16/h2-11,15,18-20,29H,12-14,25H2,1H3,(H,26,32)(H,27,31)(H,28,30)(H,33,34).